The predicted octanol–water partition coefficient (Wildman–Crippen LogP) is 4.85. The number of hydrogen-bond donors (Lipinski definition) is 2. The normalized spacial score (nSPS) is 11.0. The van der Waals surface area contributed by atoms with Crippen LogP contribution in [0.2, 0.25) is 5.02 Å². The van der Waals surface area contributed by atoms with Crippen LogP contribution in [0.5, 0.6) is 0 Å². The van der Waals surface area contributed by atoms with Crippen molar-refractivity contribution in [2.24, 2.45) is 5.92 Å². The minimum Gasteiger partial charge on any atom is -0.382 e. The molecular weight excluding hydrogens is 320 g/mol. The van der Waals surface area contributed by atoms with Crippen molar-refractivity contribution in [3.63, 3.8) is 0 Å². The number of carbonyl (C=O) groups excluding carboxylic acids is 1. The second-order valence-corrected chi connectivity index (χ2v) is 6.46. The van der Waals surface area contributed by atoms with Crippen molar-refractivity contribution in [1.29, 1.82) is 0 Å². The molecule has 0 aromatic heterocycles. The van der Waals surface area contributed by atoms with Gasteiger partial charge in [-0.2, -0.15) is 0 Å². The topological polar surface area (TPSA) is 41.1 Å². The molecule has 2 aromatic carbocycles. The first-order valence-corrected chi connectivity index (χ1v) is 8.46. The molecule has 0 radical (unpaired) electrons. The lowest BCUT2D eigenvalue weighted by atomic mass is 10.1. The highest BCUT2D eigenvalue weighted by Crippen LogP contribution is 2.12. The second-order valence-electron chi connectivity index (χ2n) is 6.02. The number of hydrogen-bond acceptors (Lipinski definition) is 2. The van der Waals surface area contributed by atoms with Crippen LogP contribution in [-0.2, 0) is 0 Å². The molecule has 126 valence electrons. The van der Waals surface area contributed by atoms with E-state index in [0.717, 1.165) is 16.3 Å². The van der Waals surface area contributed by atoms with Gasteiger partial charge in [0.1, 0.15) is 0 Å². The molecule has 3 nitrogen and oxygen atoms in total. The summed E-state index contributed by atoms with van der Waals surface area (Å²) in [6.45, 7) is 5.51. The van der Waals surface area contributed by atoms with Gasteiger partial charge in [0.25, 0.3) is 5.91 Å². The van der Waals surface area contributed by atoms with Gasteiger partial charge in [-0.3, -0.25) is 4.79 Å². The Bertz CT molecular complexity index is 693. The number of anilines is 1. The maximum atomic E-state index is 12.1. The Balaban J connectivity index is 1.87. The number of benzene rings is 2. The fourth-order valence-corrected chi connectivity index (χ4v) is 2.24. The van der Waals surface area contributed by atoms with Gasteiger partial charge in [-0.05, 0) is 41.8 Å². The zero-order chi connectivity index (χ0) is 17.4. The van der Waals surface area contributed by atoms with Gasteiger partial charge < -0.3 is 10.6 Å². The quantitative estimate of drug-likeness (QED) is 0.755. The molecule has 0 heterocycles. The molecule has 4 heteroatoms. The lowest BCUT2D eigenvalue weighted by Gasteiger charge is -2.09. The number of amides is 1. The van der Waals surface area contributed by atoms with Crippen LogP contribution in [0.3, 0.4) is 0 Å². The van der Waals surface area contributed by atoms with Crippen LogP contribution >= 0.6 is 11.6 Å². The first-order chi connectivity index (χ1) is 11.5. The fourth-order valence-electron chi connectivity index (χ4n) is 2.11. The van der Waals surface area contributed by atoms with Crippen molar-refractivity contribution in [1.82, 2.24) is 5.32 Å². The van der Waals surface area contributed by atoms with Gasteiger partial charge in [-0.25, -0.2) is 0 Å². The number of carbonyl (C=O) groups is 1. The van der Waals surface area contributed by atoms with E-state index in [-0.39, 0.29) is 5.91 Å². The molecule has 0 atom stereocenters. The monoisotopic (exact) mass is 342 g/mol. The molecule has 2 N–H and O–H groups in total. The molecule has 0 aliphatic rings. The molecule has 0 unspecified atom stereocenters. The summed E-state index contributed by atoms with van der Waals surface area (Å²) in [6.07, 6.45) is 4.07. The van der Waals surface area contributed by atoms with Gasteiger partial charge in [-0.15, -0.1) is 0 Å². The average molecular weight is 343 g/mol. The Labute approximate surface area is 148 Å². The van der Waals surface area contributed by atoms with Gasteiger partial charge in [0.15, 0.2) is 0 Å². The van der Waals surface area contributed by atoms with Gasteiger partial charge in [0.05, 0.1) is 0 Å². The van der Waals surface area contributed by atoms with Crippen LogP contribution in [0.1, 0.15) is 29.8 Å². The highest BCUT2D eigenvalue weighted by Gasteiger charge is 2.06. The summed E-state index contributed by atoms with van der Waals surface area (Å²) in [4.78, 5) is 12.1. The summed E-state index contributed by atoms with van der Waals surface area (Å²) in [5, 5.41) is 6.96. The van der Waals surface area contributed by atoms with Crippen molar-refractivity contribution >= 4 is 29.3 Å². The average Bonchev–Trinajstić information content (AvgIpc) is 2.58. The molecule has 2 rings (SSSR count). The standard InChI is InChI=1S/C20H23ClN2O/c1-15(2)14-23-20(24)17-6-3-7-19(13-17)22-12-4-5-16-8-10-18(21)11-9-16/h3-11,13,15,22H,12,14H2,1-2H3,(H,23,24)/b5-4+. The van der Waals surface area contributed by atoms with Crippen molar-refractivity contribution in [3.05, 3.63) is 70.8 Å². The molecule has 0 saturated heterocycles. The number of nitrogens with one attached hydrogen (secondary N) is 2. The van der Waals surface area contributed by atoms with Gasteiger partial charge in [0, 0.05) is 29.4 Å². The van der Waals surface area contributed by atoms with E-state index in [0.29, 0.717) is 24.6 Å². The molecule has 0 saturated carbocycles. The van der Waals surface area contributed by atoms with Crippen LogP contribution in [0, 0.1) is 5.92 Å². The van der Waals surface area contributed by atoms with E-state index in [2.05, 4.69) is 24.5 Å². The lowest BCUT2D eigenvalue weighted by Crippen LogP contribution is -2.27. The lowest BCUT2D eigenvalue weighted by molar-refractivity contribution is 0.0949. The molecule has 1 amide bonds. The first kappa shape index (κ1) is 18.1. The minimum absolute atomic E-state index is 0.0379. The third-order valence-corrected chi connectivity index (χ3v) is 3.65. The van der Waals surface area contributed by atoms with Gasteiger partial charge >= 0.3 is 0 Å². The van der Waals surface area contributed by atoms with E-state index in [1.54, 1.807) is 0 Å². The van der Waals surface area contributed by atoms with Crippen LogP contribution < -0.4 is 10.6 Å². The Hall–Kier alpha value is -2.26. The summed E-state index contributed by atoms with van der Waals surface area (Å²) >= 11 is 5.86. The van der Waals surface area contributed by atoms with Crippen molar-refractivity contribution in [3.8, 4) is 0 Å². The van der Waals surface area contributed by atoms with E-state index in [1.165, 1.54) is 0 Å². The van der Waals surface area contributed by atoms with E-state index in [9.17, 15) is 4.79 Å². The summed E-state index contributed by atoms with van der Waals surface area (Å²) in [7, 11) is 0. The summed E-state index contributed by atoms with van der Waals surface area (Å²) in [5.41, 5.74) is 2.69. The Morgan fingerprint density at radius 1 is 1.17 bits per heavy atom. The van der Waals surface area contributed by atoms with Crippen molar-refractivity contribution in [2.75, 3.05) is 18.4 Å². The van der Waals surface area contributed by atoms with Crippen molar-refractivity contribution < 1.29 is 4.79 Å². The highest BCUT2D eigenvalue weighted by atomic mass is 35.5. The Morgan fingerprint density at radius 2 is 1.92 bits per heavy atom. The predicted molar refractivity (Wildman–Crippen MR) is 103 cm³/mol. The first-order valence-electron chi connectivity index (χ1n) is 8.09. The highest BCUT2D eigenvalue weighted by molar-refractivity contribution is 6.30. The minimum atomic E-state index is -0.0379. The van der Waals surface area contributed by atoms with E-state index in [1.807, 2.05) is 60.7 Å². The van der Waals surface area contributed by atoms with Crippen LogP contribution in [0.25, 0.3) is 6.08 Å². The molecule has 0 aliphatic heterocycles. The Kier molecular flexibility index (Phi) is 6.89. The van der Waals surface area contributed by atoms with Crippen LogP contribution in [0.15, 0.2) is 54.6 Å². The van der Waals surface area contributed by atoms with Crippen molar-refractivity contribution in [2.45, 2.75) is 13.8 Å². The molecule has 24 heavy (non-hydrogen) atoms. The number of rotatable bonds is 7. The van der Waals surface area contributed by atoms with E-state index < -0.39 is 0 Å². The van der Waals surface area contributed by atoms with Gasteiger partial charge in [-0.1, -0.05) is 55.8 Å². The largest absolute Gasteiger partial charge is 0.382 e. The zero-order valence-corrected chi connectivity index (χ0v) is 14.8. The van der Waals surface area contributed by atoms with E-state index in [4.69, 9.17) is 11.6 Å². The summed E-state index contributed by atoms with van der Waals surface area (Å²) in [6, 6.07) is 15.2. The van der Waals surface area contributed by atoms with E-state index >= 15 is 0 Å². The third-order valence-electron chi connectivity index (χ3n) is 3.40. The SMILES string of the molecule is CC(C)CNC(=O)c1cccc(NC/C=C/c2ccc(Cl)cc2)c1. The second kappa shape index (κ2) is 9.14. The molecule has 0 bridgehead atoms. The fraction of sp³-hybridized carbons (Fsp3) is 0.250. The Morgan fingerprint density at radius 3 is 2.62 bits per heavy atom. The third kappa shape index (κ3) is 6.09. The smallest absolute Gasteiger partial charge is 0.251 e. The maximum Gasteiger partial charge on any atom is 0.251 e. The maximum absolute atomic E-state index is 12.1. The molecular formula is C20H23ClN2O. The number of halogens is 1. The molecule has 0 spiro atoms. The van der Waals surface area contributed by atoms with Crippen LogP contribution in [-0.4, -0.2) is 19.0 Å². The summed E-state index contributed by atoms with van der Waals surface area (Å²) < 4.78 is 0. The van der Waals surface area contributed by atoms with Gasteiger partial charge in [0.2, 0.25) is 0 Å². The molecule has 0 aliphatic carbocycles. The molecule has 2 aromatic rings. The molecule has 0 fully saturated rings. The zero-order valence-electron chi connectivity index (χ0n) is 14.1. The summed E-state index contributed by atoms with van der Waals surface area (Å²) in [5.74, 6) is 0.400. The van der Waals surface area contributed by atoms with Crippen LogP contribution in [0.4, 0.5) is 5.69 Å².